The lowest BCUT2D eigenvalue weighted by Gasteiger charge is -2.25. The van der Waals surface area contributed by atoms with E-state index in [4.69, 9.17) is 4.74 Å². The molecule has 0 heterocycles. The first kappa shape index (κ1) is 11.3. The lowest BCUT2D eigenvalue weighted by molar-refractivity contribution is 0.415. The summed E-state index contributed by atoms with van der Waals surface area (Å²) in [6.07, 6.45) is 4.12. The number of hydrogen-bond acceptors (Lipinski definition) is 1. The van der Waals surface area contributed by atoms with Crippen LogP contribution in [0.4, 0.5) is 0 Å². The molecule has 0 spiro atoms. The summed E-state index contributed by atoms with van der Waals surface area (Å²) in [6.45, 7) is 0. The molecule has 1 heteroatoms. The highest BCUT2D eigenvalue weighted by Crippen LogP contribution is 2.36. The van der Waals surface area contributed by atoms with Crippen molar-refractivity contribution in [1.82, 2.24) is 0 Å². The summed E-state index contributed by atoms with van der Waals surface area (Å²) in [4.78, 5) is 0. The molecule has 1 aliphatic rings. The Hall–Kier alpha value is -1.76. The van der Waals surface area contributed by atoms with Gasteiger partial charge in [-0.15, -0.1) is 0 Å². The van der Waals surface area contributed by atoms with Crippen LogP contribution in [0.3, 0.4) is 0 Å². The van der Waals surface area contributed by atoms with Crippen LogP contribution in [0.5, 0.6) is 5.75 Å². The van der Waals surface area contributed by atoms with Crippen LogP contribution in [-0.4, -0.2) is 7.11 Å². The Morgan fingerprint density at radius 1 is 0.833 bits per heavy atom. The molecular weight excluding hydrogens is 220 g/mol. The molecule has 1 nitrogen and oxygen atoms in total. The van der Waals surface area contributed by atoms with Crippen molar-refractivity contribution >= 4 is 0 Å². The van der Waals surface area contributed by atoms with Gasteiger partial charge in [0.2, 0.25) is 0 Å². The Morgan fingerprint density at radius 2 is 1.39 bits per heavy atom. The summed E-state index contributed by atoms with van der Waals surface area (Å²) in [6, 6.07) is 17.3. The maximum absolute atomic E-state index is 5.18. The van der Waals surface area contributed by atoms with Gasteiger partial charge >= 0.3 is 0 Å². The van der Waals surface area contributed by atoms with Gasteiger partial charge in [0, 0.05) is 0 Å². The molecule has 0 saturated heterocycles. The second-order valence-electron chi connectivity index (χ2n) is 4.98. The van der Waals surface area contributed by atoms with Gasteiger partial charge in [0.15, 0.2) is 0 Å². The van der Waals surface area contributed by atoms with E-state index in [1.807, 2.05) is 12.1 Å². The molecule has 0 bridgehead atoms. The molecule has 2 aromatic rings. The average Bonchev–Trinajstić information content (AvgIpc) is 2.38. The monoisotopic (exact) mass is 238 g/mol. The minimum absolute atomic E-state index is 0.815. The Bertz CT molecular complexity index is 506. The van der Waals surface area contributed by atoms with Crippen molar-refractivity contribution in [3.05, 3.63) is 54.1 Å². The van der Waals surface area contributed by atoms with Crippen LogP contribution in [0, 0.1) is 0 Å². The fraction of sp³-hybridized carbons (Fsp3) is 0.294. The molecule has 1 saturated carbocycles. The fourth-order valence-corrected chi connectivity index (χ4v) is 2.47. The van der Waals surface area contributed by atoms with Crippen LogP contribution < -0.4 is 4.74 Å². The Morgan fingerprint density at radius 3 is 1.83 bits per heavy atom. The predicted molar refractivity (Wildman–Crippen MR) is 75.0 cm³/mol. The average molecular weight is 238 g/mol. The molecule has 18 heavy (non-hydrogen) atoms. The Balaban J connectivity index is 1.82. The molecule has 3 rings (SSSR count). The second-order valence-corrected chi connectivity index (χ2v) is 4.98. The van der Waals surface area contributed by atoms with Gasteiger partial charge in [0.05, 0.1) is 7.11 Å². The maximum atomic E-state index is 5.18. The van der Waals surface area contributed by atoms with E-state index in [1.165, 1.54) is 36.0 Å². The van der Waals surface area contributed by atoms with E-state index in [-0.39, 0.29) is 0 Å². The first-order valence-electron chi connectivity index (χ1n) is 6.61. The molecule has 0 atom stereocenters. The minimum atomic E-state index is 0.815. The molecule has 0 amide bonds. The van der Waals surface area contributed by atoms with E-state index in [2.05, 4.69) is 36.4 Å². The van der Waals surface area contributed by atoms with Crippen LogP contribution in [-0.2, 0) is 0 Å². The summed E-state index contributed by atoms with van der Waals surface area (Å²) in [5.41, 5.74) is 4.02. The van der Waals surface area contributed by atoms with E-state index in [1.54, 1.807) is 7.11 Å². The molecule has 1 fully saturated rings. The summed E-state index contributed by atoms with van der Waals surface area (Å²) in [7, 11) is 1.70. The standard InChI is InChI=1S/C17H18O/c1-18-17-11-9-16(10-12-17)15-7-5-14(6-8-15)13-3-2-4-13/h5-13H,2-4H2,1H3. The first-order valence-corrected chi connectivity index (χ1v) is 6.61. The lowest BCUT2D eigenvalue weighted by atomic mass is 9.80. The van der Waals surface area contributed by atoms with E-state index >= 15 is 0 Å². The van der Waals surface area contributed by atoms with Crippen molar-refractivity contribution in [3.63, 3.8) is 0 Å². The van der Waals surface area contributed by atoms with Crippen molar-refractivity contribution in [3.8, 4) is 16.9 Å². The lowest BCUT2D eigenvalue weighted by Crippen LogP contribution is -2.08. The van der Waals surface area contributed by atoms with Crippen LogP contribution in [0.2, 0.25) is 0 Å². The molecule has 0 aliphatic heterocycles. The van der Waals surface area contributed by atoms with Gasteiger partial charge in [-0.1, -0.05) is 42.8 Å². The highest BCUT2D eigenvalue weighted by atomic mass is 16.5. The van der Waals surface area contributed by atoms with Gasteiger partial charge < -0.3 is 4.74 Å². The Labute approximate surface area is 108 Å². The van der Waals surface area contributed by atoms with E-state index in [0.29, 0.717) is 0 Å². The molecule has 0 radical (unpaired) electrons. The number of ether oxygens (including phenoxy) is 1. The third-order valence-electron chi connectivity index (χ3n) is 3.91. The summed E-state index contributed by atoms with van der Waals surface area (Å²) >= 11 is 0. The van der Waals surface area contributed by atoms with Crippen molar-refractivity contribution in [2.24, 2.45) is 0 Å². The van der Waals surface area contributed by atoms with E-state index in [9.17, 15) is 0 Å². The minimum Gasteiger partial charge on any atom is -0.497 e. The zero-order valence-corrected chi connectivity index (χ0v) is 10.7. The summed E-state index contributed by atoms with van der Waals surface area (Å²) in [5, 5.41) is 0. The highest BCUT2D eigenvalue weighted by molar-refractivity contribution is 5.64. The smallest absolute Gasteiger partial charge is 0.118 e. The molecular formula is C17H18O. The number of hydrogen-bond donors (Lipinski definition) is 0. The first-order chi connectivity index (χ1) is 8.86. The number of rotatable bonds is 3. The third-order valence-corrected chi connectivity index (χ3v) is 3.91. The maximum Gasteiger partial charge on any atom is 0.118 e. The quantitative estimate of drug-likeness (QED) is 0.757. The third kappa shape index (κ3) is 2.13. The topological polar surface area (TPSA) is 9.23 Å². The zero-order valence-electron chi connectivity index (χ0n) is 10.7. The number of methoxy groups -OCH3 is 1. The zero-order chi connectivity index (χ0) is 12.4. The molecule has 92 valence electrons. The normalized spacial score (nSPS) is 15.2. The van der Waals surface area contributed by atoms with Crippen LogP contribution in [0.1, 0.15) is 30.7 Å². The molecule has 0 N–H and O–H groups in total. The van der Waals surface area contributed by atoms with Gasteiger partial charge in [-0.05, 0) is 47.6 Å². The number of benzene rings is 2. The predicted octanol–water partition coefficient (Wildman–Crippen LogP) is 4.63. The summed E-state index contributed by atoms with van der Waals surface area (Å²) in [5.74, 6) is 1.72. The van der Waals surface area contributed by atoms with E-state index < -0.39 is 0 Å². The van der Waals surface area contributed by atoms with Crippen molar-refractivity contribution in [1.29, 1.82) is 0 Å². The fourth-order valence-electron chi connectivity index (χ4n) is 2.47. The SMILES string of the molecule is COc1ccc(-c2ccc(C3CCC3)cc2)cc1. The second kappa shape index (κ2) is 4.85. The van der Waals surface area contributed by atoms with Crippen molar-refractivity contribution < 1.29 is 4.74 Å². The van der Waals surface area contributed by atoms with Crippen LogP contribution >= 0.6 is 0 Å². The van der Waals surface area contributed by atoms with Gasteiger partial charge in [-0.2, -0.15) is 0 Å². The largest absolute Gasteiger partial charge is 0.497 e. The van der Waals surface area contributed by atoms with Gasteiger partial charge in [0.1, 0.15) is 5.75 Å². The van der Waals surface area contributed by atoms with E-state index in [0.717, 1.165) is 11.7 Å². The molecule has 0 unspecified atom stereocenters. The molecule has 0 aromatic heterocycles. The van der Waals surface area contributed by atoms with Gasteiger partial charge in [-0.25, -0.2) is 0 Å². The summed E-state index contributed by atoms with van der Waals surface area (Å²) < 4.78 is 5.18. The molecule has 1 aliphatic carbocycles. The van der Waals surface area contributed by atoms with Gasteiger partial charge in [-0.3, -0.25) is 0 Å². The molecule has 2 aromatic carbocycles. The highest BCUT2D eigenvalue weighted by Gasteiger charge is 2.18. The Kier molecular flexibility index (Phi) is 3.06. The van der Waals surface area contributed by atoms with Crippen LogP contribution in [0.15, 0.2) is 48.5 Å². The van der Waals surface area contributed by atoms with Crippen molar-refractivity contribution in [2.45, 2.75) is 25.2 Å². The van der Waals surface area contributed by atoms with Gasteiger partial charge in [0.25, 0.3) is 0 Å². The van der Waals surface area contributed by atoms with Crippen LogP contribution in [0.25, 0.3) is 11.1 Å². The van der Waals surface area contributed by atoms with Crippen molar-refractivity contribution in [2.75, 3.05) is 7.11 Å².